The molecule has 0 bridgehead atoms. The van der Waals surface area contributed by atoms with Gasteiger partial charge in [-0.05, 0) is 77.1 Å². The van der Waals surface area contributed by atoms with Gasteiger partial charge in [0.15, 0.2) is 33.4 Å². The Morgan fingerprint density at radius 1 is 1.18 bits per heavy atom. The van der Waals surface area contributed by atoms with Gasteiger partial charge in [0.2, 0.25) is 0 Å². The van der Waals surface area contributed by atoms with Crippen LogP contribution in [0.1, 0.15) is 72.1 Å². The molecule has 300 valence electrons. The van der Waals surface area contributed by atoms with Crippen LogP contribution in [0.5, 0.6) is 5.75 Å². The van der Waals surface area contributed by atoms with Crippen LogP contribution in [0.4, 0.5) is 20.1 Å². The van der Waals surface area contributed by atoms with Crippen LogP contribution >= 0.6 is 22.9 Å². The SMILES string of the molecule is COC(=O)c1nc(N2CCCc3c2nnc(Cl)c3C)sc1CCCOc1ccc(C#CCN(CC[N+](C)(C)CCCS(=O)(=O)O)C(=O)OC(C)(C)C)cc1F. The van der Waals surface area contributed by atoms with Crippen LogP contribution in [0.15, 0.2) is 18.2 Å². The van der Waals surface area contributed by atoms with Crippen molar-refractivity contribution in [2.75, 3.05) is 71.2 Å². The highest BCUT2D eigenvalue weighted by molar-refractivity contribution is 7.85. The Balaban J connectivity index is 1.36. The molecule has 0 spiro atoms. The number of rotatable bonds is 15. The number of benzene rings is 1. The standard InChI is InChI=1S/C37H48ClFN6O8S2/c1-25-27-13-9-18-44(33(27)42-41-32(25)38)35-40-31(34(46)51-7)30(54-35)14-10-22-52-29-16-15-26(24-28(29)39)12-8-17-43(36(47)53-37(2,3)4)19-21-45(5,6)20-11-23-55(48,49)50/h15-16,24H,9-11,13-14,17-23H2,1-7H3/p+1. The number of hydrogen-bond donors (Lipinski definition) is 1. The Bertz CT molecular complexity index is 2030. The minimum Gasteiger partial charge on any atom is -0.491 e. The van der Waals surface area contributed by atoms with Crippen LogP contribution in [-0.2, 0) is 32.4 Å². The van der Waals surface area contributed by atoms with Gasteiger partial charge in [0.1, 0.15) is 5.60 Å². The maximum atomic E-state index is 15.1. The molecule has 0 saturated heterocycles. The number of carbonyl (C=O) groups excluding carboxylic acids is 2. The maximum absolute atomic E-state index is 15.1. The number of hydrogen-bond acceptors (Lipinski definition) is 12. The van der Waals surface area contributed by atoms with Crippen molar-refractivity contribution in [1.82, 2.24) is 20.1 Å². The van der Waals surface area contributed by atoms with Gasteiger partial charge in [0.05, 0.1) is 59.7 Å². The molecule has 1 N–H and O–H groups in total. The van der Waals surface area contributed by atoms with Gasteiger partial charge in [-0.15, -0.1) is 21.5 Å². The number of nitrogens with zero attached hydrogens (tertiary/aromatic N) is 6. The summed E-state index contributed by atoms with van der Waals surface area (Å²) in [7, 11) is 1.04. The lowest BCUT2D eigenvalue weighted by molar-refractivity contribution is -0.889. The second-order valence-electron chi connectivity index (χ2n) is 14.8. The van der Waals surface area contributed by atoms with Crippen molar-refractivity contribution >= 4 is 56.1 Å². The number of thiazole rings is 1. The number of carbonyl (C=O) groups is 2. The van der Waals surface area contributed by atoms with Crippen molar-refractivity contribution < 1.29 is 45.6 Å². The Labute approximate surface area is 331 Å². The van der Waals surface area contributed by atoms with E-state index in [2.05, 4.69) is 27.0 Å². The summed E-state index contributed by atoms with van der Waals surface area (Å²) < 4.78 is 63.1. The number of quaternary nitrogens is 1. The molecule has 4 rings (SSSR count). The van der Waals surface area contributed by atoms with E-state index in [0.29, 0.717) is 63.5 Å². The minimum absolute atomic E-state index is 0.0122. The topological polar surface area (TPSA) is 161 Å². The summed E-state index contributed by atoms with van der Waals surface area (Å²) in [5.74, 6) is 5.05. The quantitative estimate of drug-likeness (QED) is 0.0641. The summed E-state index contributed by atoms with van der Waals surface area (Å²) in [6.07, 6.45) is 2.27. The molecule has 0 saturated carbocycles. The smallest absolute Gasteiger partial charge is 0.411 e. The molecular weight excluding hydrogens is 775 g/mol. The summed E-state index contributed by atoms with van der Waals surface area (Å²) in [5, 5.41) is 9.37. The van der Waals surface area contributed by atoms with Gasteiger partial charge in [-0.3, -0.25) is 9.45 Å². The van der Waals surface area contributed by atoms with Gasteiger partial charge >= 0.3 is 12.1 Å². The van der Waals surface area contributed by atoms with Gasteiger partial charge in [0.25, 0.3) is 10.1 Å². The van der Waals surface area contributed by atoms with Crippen LogP contribution < -0.4 is 9.64 Å². The third-order valence-corrected chi connectivity index (χ3v) is 11.0. The number of ether oxygens (including phenoxy) is 3. The molecule has 1 aromatic carbocycles. The molecule has 0 aliphatic carbocycles. The van der Waals surface area contributed by atoms with E-state index in [4.69, 9.17) is 30.4 Å². The molecule has 2 aromatic heterocycles. The summed E-state index contributed by atoms with van der Waals surface area (Å²) in [5.41, 5.74) is 1.74. The highest BCUT2D eigenvalue weighted by Gasteiger charge is 2.29. The Morgan fingerprint density at radius 2 is 1.93 bits per heavy atom. The van der Waals surface area contributed by atoms with Crippen molar-refractivity contribution in [3.05, 3.63) is 56.4 Å². The molecule has 1 amide bonds. The van der Waals surface area contributed by atoms with Crippen molar-refractivity contribution in [2.24, 2.45) is 0 Å². The summed E-state index contributed by atoms with van der Waals surface area (Å²) >= 11 is 7.58. The van der Waals surface area contributed by atoms with Crippen LogP contribution in [-0.4, -0.2) is 121 Å². The largest absolute Gasteiger partial charge is 0.491 e. The Morgan fingerprint density at radius 3 is 2.60 bits per heavy atom. The van der Waals surface area contributed by atoms with E-state index in [9.17, 15) is 18.0 Å². The van der Waals surface area contributed by atoms with Crippen molar-refractivity contribution in [3.8, 4) is 17.6 Å². The summed E-state index contributed by atoms with van der Waals surface area (Å²) in [4.78, 5) is 34.4. The Kier molecular flexibility index (Phi) is 14.8. The Hall–Kier alpha value is -4.08. The summed E-state index contributed by atoms with van der Waals surface area (Å²) in [6.45, 7) is 9.22. The number of aryl methyl sites for hydroxylation is 1. The number of fused-ring (bicyclic) bond motifs is 1. The van der Waals surface area contributed by atoms with Gasteiger partial charge in [0, 0.05) is 29.0 Å². The van der Waals surface area contributed by atoms with Crippen LogP contribution in [0, 0.1) is 24.6 Å². The number of methoxy groups -OCH3 is 1. The van der Waals surface area contributed by atoms with Crippen molar-refractivity contribution in [3.63, 3.8) is 0 Å². The van der Waals surface area contributed by atoms with Gasteiger partial charge in [-0.25, -0.2) is 19.0 Å². The monoisotopic (exact) mass is 823 g/mol. The molecule has 0 radical (unpaired) electrons. The number of halogens is 2. The van der Waals surface area contributed by atoms with E-state index < -0.39 is 33.6 Å². The predicted molar refractivity (Wildman–Crippen MR) is 208 cm³/mol. The molecule has 18 heteroatoms. The van der Waals surface area contributed by atoms with Crippen LogP contribution in [0.3, 0.4) is 0 Å². The zero-order chi connectivity index (χ0) is 40.6. The first-order valence-corrected chi connectivity index (χ1v) is 20.6. The second-order valence-corrected chi connectivity index (χ2v) is 17.7. The summed E-state index contributed by atoms with van der Waals surface area (Å²) in [6, 6.07) is 4.37. The average molecular weight is 824 g/mol. The molecule has 14 nitrogen and oxygen atoms in total. The average Bonchev–Trinajstić information content (AvgIpc) is 3.52. The number of anilines is 2. The zero-order valence-corrected chi connectivity index (χ0v) is 34.7. The maximum Gasteiger partial charge on any atom is 0.411 e. The fourth-order valence-corrected chi connectivity index (χ4v) is 7.47. The second kappa shape index (κ2) is 18.7. The fraction of sp³-hybridized carbons (Fsp3) is 0.541. The van der Waals surface area contributed by atoms with E-state index in [-0.39, 0.29) is 43.3 Å². The lowest BCUT2D eigenvalue weighted by atomic mass is 10.0. The highest BCUT2D eigenvalue weighted by atomic mass is 35.5. The van der Waals surface area contributed by atoms with Gasteiger partial charge in [-0.1, -0.05) is 23.4 Å². The predicted octanol–water partition coefficient (Wildman–Crippen LogP) is 5.86. The molecule has 3 heterocycles. The first kappa shape index (κ1) is 43.6. The lowest BCUT2D eigenvalue weighted by Gasteiger charge is -2.33. The molecule has 3 aromatic rings. The molecule has 55 heavy (non-hydrogen) atoms. The van der Waals surface area contributed by atoms with Crippen LogP contribution in [0.2, 0.25) is 5.15 Å². The van der Waals surface area contributed by atoms with E-state index in [0.717, 1.165) is 24.0 Å². The van der Waals surface area contributed by atoms with Gasteiger partial charge in [-0.2, -0.15) is 8.42 Å². The minimum atomic E-state index is -4.06. The number of aromatic nitrogens is 3. The van der Waals surface area contributed by atoms with Gasteiger partial charge < -0.3 is 23.6 Å². The normalized spacial score (nSPS) is 13.1. The van der Waals surface area contributed by atoms with Crippen molar-refractivity contribution in [2.45, 2.75) is 65.4 Å². The molecule has 0 fully saturated rings. The lowest BCUT2D eigenvalue weighted by Crippen LogP contribution is -2.48. The first-order valence-electron chi connectivity index (χ1n) is 17.8. The van der Waals surface area contributed by atoms with E-state index in [1.807, 2.05) is 25.9 Å². The molecule has 1 aliphatic rings. The zero-order valence-electron chi connectivity index (χ0n) is 32.3. The third-order valence-electron chi connectivity index (χ3n) is 8.66. The third kappa shape index (κ3) is 13.0. The first-order chi connectivity index (χ1) is 25.8. The number of likely N-dealkylation sites (N-methyl/N-ethyl adjacent to an activating group) is 1. The molecular formula is C37H49ClFN6O8S2+. The van der Waals surface area contributed by atoms with E-state index >= 15 is 4.39 Å². The van der Waals surface area contributed by atoms with Crippen molar-refractivity contribution in [1.29, 1.82) is 0 Å². The molecule has 1 aliphatic heterocycles. The number of esters is 1. The fourth-order valence-electron chi connectivity index (χ4n) is 5.71. The highest BCUT2D eigenvalue weighted by Crippen LogP contribution is 2.38. The molecule has 0 unspecified atom stereocenters. The van der Waals surface area contributed by atoms with Crippen LogP contribution in [0.25, 0.3) is 0 Å². The van der Waals surface area contributed by atoms with E-state index in [1.54, 1.807) is 26.8 Å². The molecule has 0 atom stereocenters. The van der Waals surface area contributed by atoms with E-state index in [1.165, 1.54) is 35.5 Å². The number of amides is 1.